The molecule has 0 saturated carbocycles. The van der Waals surface area contributed by atoms with Crippen molar-refractivity contribution in [3.8, 4) is 11.5 Å². The maximum absolute atomic E-state index is 12.7. The lowest BCUT2D eigenvalue weighted by molar-refractivity contribution is -0.188. The quantitative estimate of drug-likeness (QED) is 0.637. The molecule has 3 aliphatic heterocycles. The van der Waals surface area contributed by atoms with Gasteiger partial charge in [-0.1, -0.05) is 13.3 Å². The van der Waals surface area contributed by atoms with Crippen molar-refractivity contribution in [1.82, 2.24) is 4.90 Å². The summed E-state index contributed by atoms with van der Waals surface area (Å²) in [6, 6.07) is 4.11. The lowest BCUT2D eigenvalue weighted by Gasteiger charge is -2.33. The molecule has 8 heteroatoms. The fourth-order valence-corrected chi connectivity index (χ4v) is 4.91. The van der Waals surface area contributed by atoms with Gasteiger partial charge in [0.05, 0.1) is 13.5 Å². The summed E-state index contributed by atoms with van der Waals surface area (Å²) in [6.45, 7) is 4.23. The van der Waals surface area contributed by atoms with Gasteiger partial charge >= 0.3 is 11.9 Å². The van der Waals surface area contributed by atoms with Crippen molar-refractivity contribution in [2.75, 3.05) is 27.0 Å². The SMILES string of the molecule is CCCCN1CCc2cc3c(cc2[C@@H]2[C@H](OC(=O)[C@H]4CC(=O)O4)C(OC)=C[C@@H]21)OCO3. The predicted octanol–water partition coefficient (Wildman–Crippen LogP) is 2.30. The molecule has 0 aromatic heterocycles. The van der Waals surface area contributed by atoms with Crippen LogP contribution in [0.5, 0.6) is 11.5 Å². The molecule has 3 heterocycles. The Balaban J connectivity index is 1.51. The highest BCUT2D eigenvalue weighted by Crippen LogP contribution is 2.47. The van der Waals surface area contributed by atoms with Gasteiger partial charge in [0.1, 0.15) is 5.76 Å². The molecule has 0 spiro atoms. The van der Waals surface area contributed by atoms with E-state index >= 15 is 0 Å². The van der Waals surface area contributed by atoms with Crippen LogP contribution in [0.15, 0.2) is 24.0 Å². The third-order valence-electron chi connectivity index (χ3n) is 6.56. The normalized spacial score (nSPS) is 28.6. The first-order valence-electron chi connectivity index (χ1n) is 10.9. The zero-order valence-corrected chi connectivity index (χ0v) is 17.8. The summed E-state index contributed by atoms with van der Waals surface area (Å²) < 4.78 is 27.7. The van der Waals surface area contributed by atoms with Crippen molar-refractivity contribution in [3.05, 3.63) is 35.1 Å². The van der Waals surface area contributed by atoms with E-state index in [9.17, 15) is 9.59 Å². The molecule has 1 aromatic rings. The summed E-state index contributed by atoms with van der Waals surface area (Å²) in [7, 11) is 1.60. The summed E-state index contributed by atoms with van der Waals surface area (Å²) in [4.78, 5) is 26.3. The summed E-state index contributed by atoms with van der Waals surface area (Å²) in [5, 5.41) is 0. The number of carbonyl (C=O) groups excluding carboxylic acids is 2. The van der Waals surface area contributed by atoms with Gasteiger partial charge in [-0.2, -0.15) is 0 Å². The lowest BCUT2D eigenvalue weighted by Crippen LogP contribution is -2.44. The van der Waals surface area contributed by atoms with E-state index in [4.69, 9.17) is 23.7 Å². The summed E-state index contributed by atoms with van der Waals surface area (Å²) >= 11 is 0. The number of carbonyl (C=O) groups is 2. The molecule has 0 unspecified atom stereocenters. The number of ether oxygens (including phenoxy) is 5. The van der Waals surface area contributed by atoms with Gasteiger partial charge in [-0.3, -0.25) is 9.69 Å². The Labute approximate surface area is 181 Å². The van der Waals surface area contributed by atoms with Gasteiger partial charge < -0.3 is 23.7 Å². The second-order valence-electron chi connectivity index (χ2n) is 8.37. The topological polar surface area (TPSA) is 83.5 Å². The first kappa shape index (κ1) is 20.2. The Morgan fingerprint density at radius 3 is 2.74 bits per heavy atom. The van der Waals surface area contributed by atoms with Crippen LogP contribution in [0.25, 0.3) is 0 Å². The van der Waals surface area contributed by atoms with Crippen molar-refractivity contribution in [2.45, 2.75) is 56.8 Å². The van der Waals surface area contributed by atoms with Crippen LogP contribution in [0.3, 0.4) is 0 Å². The molecule has 1 saturated heterocycles. The van der Waals surface area contributed by atoms with Crippen molar-refractivity contribution in [3.63, 3.8) is 0 Å². The van der Waals surface area contributed by atoms with Crippen LogP contribution in [-0.2, 0) is 30.2 Å². The van der Waals surface area contributed by atoms with Crippen LogP contribution in [0, 0.1) is 0 Å². The molecule has 0 amide bonds. The van der Waals surface area contributed by atoms with Crippen molar-refractivity contribution >= 4 is 11.9 Å². The van der Waals surface area contributed by atoms with E-state index in [0.717, 1.165) is 43.7 Å². The first-order valence-corrected chi connectivity index (χ1v) is 10.9. The van der Waals surface area contributed by atoms with Crippen LogP contribution >= 0.6 is 0 Å². The molecule has 1 fully saturated rings. The molecular weight excluding hydrogens is 402 g/mol. The molecule has 0 bridgehead atoms. The van der Waals surface area contributed by atoms with E-state index in [1.807, 2.05) is 6.07 Å². The highest BCUT2D eigenvalue weighted by Gasteiger charge is 2.48. The van der Waals surface area contributed by atoms with Crippen molar-refractivity contribution in [2.24, 2.45) is 0 Å². The lowest BCUT2D eigenvalue weighted by atomic mass is 9.87. The number of nitrogens with zero attached hydrogens (tertiary/aromatic N) is 1. The van der Waals surface area contributed by atoms with E-state index < -0.39 is 18.2 Å². The first-order chi connectivity index (χ1) is 15.1. The zero-order chi connectivity index (χ0) is 21.5. The van der Waals surface area contributed by atoms with Crippen LogP contribution in [0.4, 0.5) is 0 Å². The Bertz CT molecular complexity index is 919. The molecule has 5 rings (SSSR count). The van der Waals surface area contributed by atoms with E-state index in [1.165, 1.54) is 5.56 Å². The summed E-state index contributed by atoms with van der Waals surface area (Å²) in [5.74, 6) is 1.04. The number of methoxy groups -OCH3 is 1. The molecule has 1 aliphatic carbocycles. The maximum Gasteiger partial charge on any atom is 0.348 e. The highest BCUT2D eigenvalue weighted by atomic mass is 16.7. The number of benzene rings is 1. The van der Waals surface area contributed by atoms with E-state index in [-0.39, 0.29) is 31.1 Å². The fraction of sp³-hybridized carbons (Fsp3) is 0.565. The highest BCUT2D eigenvalue weighted by molar-refractivity contribution is 5.89. The molecule has 166 valence electrons. The second kappa shape index (κ2) is 8.07. The number of esters is 2. The number of rotatable bonds is 6. The van der Waals surface area contributed by atoms with Gasteiger partial charge in [0.2, 0.25) is 12.9 Å². The molecule has 31 heavy (non-hydrogen) atoms. The Morgan fingerprint density at radius 2 is 2.03 bits per heavy atom. The zero-order valence-electron chi connectivity index (χ0n) is 17.8. The van der Waals surface area contributed by atoms with Crippen molar-refractivity contribution in [1.29, 1.82) is 0 Å². The second-order valence-corrected chi connectivity index (χ2v) is 8.37. The maximum atomic E-state index is 12.7. The average Bonchev–Trinajstić information content (AvgIpc) is 3.30. The van der Waals surface area contributed by atoms with Gasteiger partial charge in [-0.25, -0.2) is 4.79 Å². The molecular formula is C23H27NO7. The number of unbranched alkanes of at least 4 members (excludes halogenated alkanes) is 1. The minimum Gasteiger partial charge on any atom is -0.497 e. The monoisotopic (exact) mass is 429 g/mol. The van der Waals surface area contributed by atoms with E-state index in [1.54, 1.807) is 7.11 Å². The van der Waals surface area contributed by atoms with Gasteiger partial charge in [0.25, 0.3) is 0 Å². The standard InChI is InChI=1S/C23H27NO7/c1-3-4-6-24-7-5-13-8-16-17(29-12-28-16)9-14(13)21-15(24)10-18(27-2)22(21)31-23(26)19-11-20(25)30-19/h8-10,15,19,21-22H,3-7,11-12H2,1-2H3/t15-,19+,21-,22+/m0/s1. The number of cyclic esters (lactones) is 1. The number of hydrogen-bond donors (Lipinski definition) is 0. The molecule has 1 aromatic carbocycles. The summed E-state index contributed by atoms with van der Waals surface area (Å²) in [5.41, 5.74) is 2.25. The molecule has 0 radical (unpaired) electrons. The van der Waals surface area contributed by atoms with E-state index in [0.29, 0.717) is 11.5 Å². The molecule has 8 nitrogen and oxygen atoms in total. The third-order valence-corrected chi connectivity index (χ3v) is 6.56. The third kappa shape index (κ3) is 3.52. The Morgan fingerprint density at radius 1 is 1.26 bits per heavy atom. The Kier molecular flexibility index (Phi) is 5.25. The predicted molar refractivity (Wildman–Crippen MR) is 109 cm³/mol. The van der Waals surface area contributed by atoms with Gasteiger partial charge in [0, 0.05) is 18.5 Å². The van der Waals surface area contributed by atoms with Crippen LogP contribution < -0.4 is 9.47 Å². The largest absolute Gasteiger partial charge is 0.497 e. The molecule has 4 aliphatic rings. The molecule has 4 atom stereocenters. The number of hydrogen-bond acceptors (Lipinski definition) is 8. The van der Waals surface area contributed by atoms with Crippen LogP contribution in [0.2, 0.25) is 0 Å². The number of fused-ring (bicyclic) bond motifs is 4. The fourth-order valence-electron chi connectivity index (χ4n) is 4.91. The van der Waals surface area contributed by atoms with Crippen LogP contribution in [0.1, 0.15) is 43.2 Å². The minimum absolute atomic E-state index is 0.0323. The van der Waals surface area contributed by atoms with Gasteiger partial charge in [-0.05, 0) is 48.7 Å². The van der Waals surface area contributed by atoms with Gasteiger partial charge in [-0.15, -0.1) is 0 Å². The summed E-state index contributed by atoms with van der Waals surface area (Å²) in [6.07, 6.45) is 3.77. The Hall–Kier alpha value is -2.74. The smallest absolute Gasteiger partial charge is 0.348 e. The van der Waals surface area contributed by atoms with E-state index in [2.05, 4.69) is 24.0 Å². The van der Waals surface area contributed by atoms with Crippen molar-refractivity contribution < 1.29 is 33.3 Å². The van der Waals surface area contributed by atoms with Gasteiger partial charge in [0.15, 0.2) is 17.6 Å². The van der Waals surface area contributed by atoms with Crippen LogP contribution in [-0.4, -0.2) is 62.1 Å². The molecule has 0 N–H and O–H groups in total. The average molecular weight is 429 g/mol. The minimum atomic E-state index is -0.831.